The van der Waals surface area contributed by atoms with Crippen molar-refractivity contribution in [3.8, 4) is 23.1 Å². The predicted octanol–water partition coefficient (Wildman–Crippen LogP) is 2.10. The van der Waals surface area contributed by atoms with E-state index in [0.717, 1.165) is 0 Å². The highest BCUT2D eigenvalue weighted by Gasteiger charge is 2.34. The molecule has 3 aromatic rings. The van der Waals surface area contributed by atoms with E-state index in [1.807, 2.05) is 0 Å². The number of hydrogen-bond donors (Lipinski definition) is 1. The molecule has 0 bridgehead atoms. The van der Waals surface area contributed by atoms with Gasteiger partial charge in [-0.15, -0.1) is 10.2 Å². The molecule has 3 atom stereocenters. The summed E-state index contributed by atoms with van der Waals surface area (Å²) in [4.78, 5) is 8.42. The Morgan fingerprint density at radius 2 is 1.76 bits per heavy atom. The highest BCUT2D eigenvalue weighted by molar-refractivity contribution is 7.93. The third kappa shape index (κ3) is 5.45. The molecule has 14 heteroatoms. The van der Waals surface area contributed by atoms with Crippen molar-refractivity contribution in [3.05, 3.63) is 42.1 Å². The minimum atomic E-state index is -3.99. The van der Waals surface area contributed by atoms with Gasteiger partial charge in [-0.1, -0.05) is 13.0 Å². The summed E-state index contributed by atoms with van der Waals surface area (Å²) in [7, 11) is 0.504. The van der Waals surface area contributed by atoms with E-state index in [2.05, 4.69) is 24.9 Å². The molecule has 13 nitrogen and oxygen atoms in total. The van der Waals surface area contributed by atoms with Crippen LogP contribution >= 0.6 is 0 Å². The minimum Gasteiger partial charge on any atom is -0.494 e. The van der Waals surface area contributed by atoms with E-state index in [9.17, 15) is 8.42 Å². The van der Waals surface area contributed by atoms with Crippen LogP contribution in [0.1, 0.15) is 37.4 Å². The van der Waals surface area contributed by atoms with Gasteiger partial charge in [0, 0.05) is 5.92 Å². The number of anilines is 1. The molecule has 0 aliphatic carbocycles. The van der Waals surface area contributed by atoms with E-state index in [0.29, 0.717) is 47.8 Å². The summed E-state index contributed by atoms with van der Waals surface area (Å²) in [5.74, 6) is 0.973. The first-order valence-corrected chi connectivity index (χ1v) is 13.1. The van der Waals surface area contributed by atoms with Crippen LogP contribution in [0.15, 0.2) is 30.6 Å². The maximum atomic E-state index is 13.5. The van der Waals surface area contributed by atoms with Crippen LogP contribution in [0.5, 0.6) is 17.4 Å². The summed E-state index contributed by atoms with van der Waals surface area (Å²) >= 11 is 0. The summed E-state index contributed by atoms with van der Waals surface area (Å²) in [6.07, 6.45) is 2.36. The Labute approximate surface area is 215 Å². The third-order valence-electron chi connectivity index (χ3n) is 6.17. The van der Waals surface area contributed by atoms with Gasteiger partial charge in [-0.05, 0) is 19.1 Å². The van der Waals surface area contributed by atoms with Crippen molar-refractivity contribution < 1.29 is 32.1 Å². The van der Waals surface area contributed by atoms with Crippen molar-refractivity contribution >= 4 is 16.0 Å². The summed E-state index contributed by atoms with van der Waals surface area (Å²) < 4.78 is 58.8. The molecular formula is C23H30N6O7S. The largest absolute Gasteiger partial charge is 0.494 e. The summed E-state index contributed by atoms with van der Waals surface area (Å²) in [5.41, 5.74) is 0.918. The highest BCUT2D eigenvalue weighted by Crippen LogP contribution is 2.37. The molecule has 3 heterocycles. The smallest absolute Gasteiger partial charge is 0.243 e. The zero-order chi connectivity index (χ0) is 26.6. The molecule has 1 aliphatic heterocycles. The van der Waals surface area contributed by atoms with Gasteiger partial charge < -0.3 is 23.7 Å². The van der Waals surface area contributed by atoms with E-state index in [1.54, 1.807) is 32.0 Å². The molecule has 2 aromatic heterocycles. The normalized spacial score (nSPS) is 17.6. The molecule has 4 rings (SSSR count). The molecule has 0 spiro atoms. The second-order valence-electron chi connectivity index (χ2n) is 8.29. The molecule has 0 amide bonds. The lowest BCUT2D eigenvalue weighted by Crippen LogP contribution is -2.31. The highest BCUT2D eigenvalue weighted by atomic mass is 32.2. The van der Waals surface area contributed by atoms with Crippen LogP contribution in [-0.2, 0) is 19.5 Å². The molecule has 1 aromatic carbocycles. The minimum absolute atomic E-state index is 0.0492. The second-order valence-corrected chi connectivity index (χ2v) is 10.3. The number of benzene rings is 1. The van der Waals surface area contributed by atoms with Crippen molar-refractivity contribution in [2.24, 2.45) is 0 Å². The number of nitrogens with zero attached hydrogens (tertiary/aromatic N) is 5. The number of rotatable bonds is 10. The lowest BCUT2D eigenvalue weighted by atomic mass is 10.1. The van der Waals surface area contributed by atoms with Crippen LogP contribution in [-0.4, -0.2) is 79.6 Å². The monoisotopic (exact) mass is 534 g/mol. The van der Waals surface area contributed by atoms with Crippen molar-refractivity contribution in [1.82, 2.24) is 24.7 Å². The third-order valence-corrected chi connectivity index (χ3v) is 8.02. The maximum absolute atomic E-state index is 13.5. The average molecular weight is 535 g/mol. The number of sulfonamides is 1. The molecule has 1 fully saturated rings. The molecule has 1 N–H and O–H groups in total. The second kappa shape index (κ2) is 11.3. The zero-order valence-electron chi connectivity index (χ0n) is 21.2. The molecule has 0 radical (unpaired) electrons. The lowest BCUT2D eigenvalue weighted by molar-refractivity contribution is -0.0941. The molecule has 0 saturated carbocycles. The van der Waals surface area contributed by atoms with Gasteiger partial charge in [0.2, 0.25) is 21.9 Å². The molecule has 1 aliphatic rings. The van der Waals surface area contributed by atoms with Crippen molar-refractivity contribution in [1.29, 1.82) is 0 Å². The zero-order valence-corrected chi connectivity index (χ0v) is 22.1. The van der Waals surface area contributed by atoms with Crippen LogP contribution in [0.4, 0.5) is 5.95 Å². The first-order valence-electron chi connectivity index (χ1n) is 11.5. The molecular weight excluding hydrogens is 504 g/mol. The Morgan fingerprint density at radius 3 is 2.32 bits per heavy atom. The van der Waals surface area contributed by atoms with Crippen molar-refractivity contribution in [3.63, 3.8) is 0 Å². The van der Waals surface area contributed by atoms with E-state index in [-0.39, 0.29) is 12.6 Å². The standard InChI is InChI=1S/C23H30N6O7S/c1-14(16-11-25-20(34-5)12-24-16)15(2)37(30,31)28-23-27-26-22(19-13-35-9-10-36-19)29(23)21-17(32-3)7-6-8-18(21)33-4/h6-8,11-12,14-15,19H,9-10,13H2,1-5H3,(H,27,28)/t14?,15?,19-/m1/s1. The Kier molecular flexibility index (Phi) is 8.10. The Bertz CT molecular complexity index is 1290. The van der Waals surface area contributed by atoms with Gasteiger partial charge in [0.25, 0.3) is 0 Å². The van der Waals surface area contributed by atoms with Crippen LogP contribution < -0.4 is 18.9 Å². The maximum Gasteiger partial charge on any atom is 0.243 e. The number of para-hydroxylation sites is 1. The number of methoxy groups -OCH3 is 3. The SMILES string of the molecule is COc1cnc(C(C)C(C)S(=O)(=O)Nc2nnc([C@H]3COCCO3)n2-c2c(OC)cccc2OC)cn1. The van der Waals surface area contributed by atoms with Crippen LogP contribution in [0.2, 0.25) is 0 Å². The number of nitrogens with one attached hydrogen (secondary N) is 1. The summed E-state index contributed by atoms with van der Waals surface area (Å²) in [6.45, 7) is 4.38. The fraction of sp³-hybridized carbons (Fsp3) is 0.478. The van der Waals surface area contributed by atoms with Gasteiger partial charge in [-0.25, -0.2) is 13.4 Å². The van der Waals surface area contributed by atoms with Gasteiger partial charge in [0.05, 0.1) is 64.5 Å². The first-order chi connectivity index (χ1) is 17.8. The van der Waals surface area contributed by atoms with E-state index in [4.69, 9.17) is 23.7 Å². The number of ether oxygens (including phenoxy) is 5. The van der Waals surface area contributed by atoms with Gasteiger partial charge in [-0.2, -0.15) is 0 Å². The Hall–Kier alpha value is -3.49. The lowest BCUT2D eigenvalue weighted by Gasteiger charge is -2.25. The predicted molar refractivity (Wildman–Crippen MR) is 133 cm³/mol. The topological polar surface area (TPSA) is 149 Å². The van der Waals surface area contributed by atoms with Gasteiger partial charge in [-0.3, -0.25) is 14.3 Å². The molecule has 200 valence electrons. The van der Waals surface area contributed by atoms with Crippen LogP contribution in [0, 0.1) is 0 Å². The van der Waals surface area contributed by atoms with Crippen molar-refractivity contribution in [2.45, 2.75) is 31.1 Å². The summed E-state index contributed by atoms with van der Waals surface area (Å²) in [5, 5.41) is 7.53. The van der Waals surface area contributed by atoms with Gasteiger partial charge in [0.1, 0.15) is 23.3 Å². The van der Waals surface area contributed by atoms with E-state index >= 15 is 0 Å². The van der Waals surface area contributed by atoms with E-state index < -0.39 is 27.3 Å². The number of hydrogen-bond acceptors (Lipinski definition) is 11. The molecule has 37 heavy (non-hydrogen) atoms. The Balaban J connectivity index is 1.74. The van der Waals surface area contributed by atoms with Crippen LogP contribution in [0.25, 0.3) is 5.69 Å². The molecule has 2 unspecified atom stereocenters. The van der Waals surface area contributed by atoms with Crippen LogP contribution in [0.3, 0.4) is 0 Å². The molecule has 1 saturated heterocycles. The fourth-order valence-electron chi connectivity index (χ4n) is 3.88. The fourth-order valence-corrected chi connectivity index (χ4v) is 5.13. The van der Waals surface area contributed by atoms with Gasteiger partial charge >= 0.3 is 0 Å². The Morgan fingerprint density at radius 1 is 1.03 bits per heavy atom. The number of aromatic nitrogens is 5. The first kappa shape index (κ1) is 26.6. The van der Waals surface area contributed by atoms with E-state index in [1.165, 1.54) is 38.3 Å². The van der Waals surface area contributed by atoms with Crippen molar-refractivity contribution in [2.75, 3.05) is 45.9 Å². The van der Waals surface area contributed by atoms with Gasteiger partial charge in [0.15, 0.2) is 5.82 Å². The quantitative estimate of drug-likeness (QED) is 0.407. The average Bonchev–Trinajstić information content (AvgIpc) is 3.34. The summed E-state index contributed by atoms with van der Waals surface area (Å²) in [6, 6.07) is 5.21.